The van der Waals surface area contributed by atoms with Gasteiger partial charge in [0.2, 0.25) is 0 Å². The van der Waals surface area contributed by atoms with E-state index in [1.165, 1.54) is 19.3 Å². The van der Waals surface area contributed by atoms with E-state index in [2.05, 4.69) is 10.2 Å². The van der Waals surface area contributed by atoms with Gasteiger partial charge in [0.1, 0.15) is 0 Å². The first-order valence-electron chi connectivity index (χ1n) is 6.66. The molecule has 1 heterocycles. The van der Waals surface area contributed by atoms with Crippen LogP contribution in [0.4, 0.5) is 5.69 Å². The minimum Gasteiger partial charge on any atom is -0.370 e. The molecule has 4 heteroatoms. The van der Waals surface area contributed by atoms with Crippen molar-refractivity contribution in [3.05, 3.63) is 28.2 Å². The first-order chi connectivity index (χ1) is 8.72. The summed E-state index contributed by atoms with van der Waals surface area (Å²) in [7, 11) is 0. The number of nitrogens with one attached hydrogen (secondary N) is 1. The second-order valence-corrected chi connectivity index (χ2v) is 6.22. The van der Waals surface area contributed by atoms with Crippen molar-refractivity contribution < 1.29 is 0 Å². The van der Waals surface area contributed by atoms with E-state index in [1.54, 1.807) is 0 Å². The average molecular weight is 285 g/mol. The fourth-order valence-electron chi connectivity index (χ4n) is 2.57. The minimum absolute atomic E-state index is 0.737. The fraction of sp³-hybridized carbons (Fsp3) is 0.571. The van der Waals surface area contributed by atoms with Crippen molar-refractivity contribution >= 4 is 28.9 Å². The van der Waals surface area contributed by atoms with Crippen LogP contribution >= 0.6 is 23.2 Å². The number of hydrogen-bond donors (Lipinski definition) is 1. The molecule has 0 amide bonds. The smallest absolute Gasteiger partial charge is 0.0640 e. The highest BCUT2D eigenvalue weighted by Gasteiger charge is 2.27. The Kier molecular flexibility index (Phi) is 3.69. The number of nitrogens with zero attached hydrogens (tertiary/aromatic N) is 1. The lowest BCUT2D eigenvalue weighted by Gasteiger charge is -2.20. The van der Waals surface area contributed by atoms with Crippen molar-refractivity contribution in [3.63, 3.8) is 0 Å². The average Bonchev–Trinajstić information content (AvgIpc) is 3.08. The van der Waals surface area contributed by atoms with Crippen molar-refractivity contribution in [2.24, 2.45) is 5.92 Å². The largest absolute Gasteiger partial charge is 0.370 e. The first-order valence-corrected chi connectivity index (χ1v) is 7.41. The lowest BCUT2D eigenvalue weighted by molar-refractivity contribution is 0.515. The molecule has 1 atom stereocenters. The number of hydrogen-bond acceptors (Lipinski definition) is 2. The Morgan fingerprint density at radius 2 is 2.06 bits per heavy atom. The second-order valence-electron chi connectivity index (χ2n) is 5.38. The molecule has 3 rings (SSSR count). The number of rotatable bonds is 4. The summed E-state index contributed by atoms with van der Waals surface area (Å²) in [5.41, 5.74) is 1.08. The normalized spacial score (nSPS) is 23.7. The van der Waals surface area contributed by atoms with E-state index in [4.69, 9.17) is 23.2 Å². The Morgan fingerprint density at radius 1 is 1.22 bits per heavy atom. The maximum Gasteiger partial charge on any atom is 0.0640 e. The summed E-state index contributed by atoms with van der Waals surface area (Å²) in [5, 5.41) is 5.17. The van der Waals surface area contributed by atoms with Crippen molar-refractivity contribution in [2.75, 3.05) is 24.5 Å². The van der Waals surface area contributed by atoms with Gasteiger partial charge < -0.3 is 10.2 Å². The molecule has 1 N–H and O–H groups in total. The summed E-state index contributed by atoms with van der Waals surface area (Å²) < 4.78 is 0. The van der Waals surface area contributed by atoms with Crippen LogP contribution in [0.1, 0.15) is 19.3 Å². The molecule has 18 heavy (non-hydrogen) atoms. The Bertz CT molecular complexity index is 432. The maximum atomic E-state index is 6.25. The van der Waals surface area contributed by atoms with Gasteiger partial charge in [0.15, 0.2) is 0 Å². The molecule has 1 aromatic carbocycles. The van der Waals surface area contributed by atoms with Crippen LogP contribution in [0.25, 0.3) is 0 Å². The van der Waals surface area contributed by atoms with Crippen molar-refractivity contribution in [3.8, 4) is 0 Å². The summed E-state index contributed by atoms with van der Waals surface area (Å²) in [4.78, 5) is 2.35. The molecule has 2 nitrogen and oxygen atoms in total. The summed E-state index contributed by atoms with van der Waals surface area (Å²) in [6, 6.07) is 6.50. The zero-order valence-corrected chi connectivity index (χ0v) is 11.8. The minimum atomic E-state index is 0.737. The molecular weight excluding hydrogens is 267 g/mol. The van der Waals surface area contributed by atoms with Crippen molar-refractivity contribution in [1.82, 2.24) is 5.32 Å². The van der Waals surface area contributed by atoms with Gasteiger partial charge in [-0.15, -0.1) is 0 Å². The van der Waals surface area contributed by atoms with E-state index in [1.807, 2.05) is 18.2 Å². The van der Waals surface area contributed by atoms with E-state index in [9.17, 15) is 0 Å². The van der Waals surface area contributed by atoms with Gasteiger partial charge in [0.25, 0.3) is 0 Å². The van der Waals surface area contributed by atoms with E-state index in [0.29, 0.717) is 0 Å². The van der Waals surface area contributed by atoms with Gasteiger partial charge in [-0.25, -0.2) is 0 Å². The SMILES string of the molecule is Clc1ccc(Cl)c(N2CCC(CNC3CC3)C2)c1. The zero-order chi connectivity index (χ0) is 12.5. The molecule has 1 saturated carbocycles. The molecule has 98 valence electrons. The summed E-state index contributed by atoms with van der Waals surface area (Å²) >= 11 is 12.3. The molecule has 0 aromatic heterocycles. The standard InChI is InChI=1S/C14H18Cl2N2/c15-11-1-4-13(16)14(7-11)18-6-5-10(9-18)8-17-12-2-3-12/h1,4,7,10,12,17H,2-3,5-6,8-9H2. The van der Waals surface area contributed by atoms with E-state index in [0.717, 1.165) is 47.3 Å². The lowest BCUT2D eigenvalue weighted by Crippen LogP contribution is -2.27. The third-order valence-corrected chi connectivity index (χ3v) is 4.36. The molecule has 1 aliphatic heterocycles. The topological polar surface area (TPSA) is 15.3 Å². The molecule has 0 bridgehead atoms. The van der Waals surface area contributed by atoms with Crippen LogP contribution in [0.15, 0.2) is 18.2 Å². The monoisotopic (exact) mass is 284 g/mol. The van der Waals surface area contributed by atoms with Crippen LogP contribution in [0.3, 0.4) is 0 Å². The molecule has 1 unspecified atom stereocenters. The van der Waals surface area contributed by atoms with Crippen molar-refractivity contribution in [1.29, 1.82) is 0 Å². The van der Waals surface area contributed by atoms with Crippen LogP contribution in [-0.4, -0.2) is 25.7 Å². The van der Waals surface area contributed by atoms with Gasteiger partial charge in [-0.2, -0.15) is 0 Å². The van der Waals surface area contributed by atoms with E-state index < -0.39 is 0 Å². The maximum absolute atomic E-state index is 6.25. The third-order valence-electron chi connectivity index (χ3n) is 3.81. The highest BCUT2D eigenvalue weighted by atomic mass is 35.5. The molecule has 1 aromatic rings. The van der Waals surface area contributed by atoms with Crippen LogP contribution in [-0.2, 0) is 0 Å². The van der Waals surface area contributed by atoms with Gasteiger partial charge in [-0.1, -0.05) is 23.2 Å². The predicted octanol–water partition coefficient (Wildman–Crippen LogP) is 3.57. The van der Waals surface area contributed by atoms with E-state index in [-0.39, 0.29) is 0 Å². The van der Waals surface area contributed by atoms with Gasteiger partial charge >= 0.3 is 0 Å². The van der Waals surface area contributed by atoms with Gasteiger partial charge in [0, 0.05) is 24.2 Å². The summed E-state index contributed by atoms with van der Waals surface area (Å²) in [6.07, 6.45) is 3.95. The van der Waals surface area contributed by atoms with E-state index >= 15 is 0 Å². The van der Waals surface area contributed by atoms with Gasteiger partial charge in [-0.3, -0.25) is 0 Å². The van der Waals surface area contributed by atoms with Crippen molar-refractivity contribution in [2.45, 2.75) is 25.3 Å². The van der Waals surface area contributed by atoms with Gasteiger partial charge in [0.05, 0.1) is 10.7 Å². The summed E-state index contributed by atoms with van der Waals surface area (Å²) in [5.74, 6) is 0.737. The number of halogens is 2. The fourth-order valence-corrected chi connectivity index (χ4v) is 2.97. The lowest BCUT2D eigenvalue weighted by atomic mass is 10.1. The molecule has 1 aliphatic carbocycles. The Morgan fingerprint density at radius 3 is 2.83 bits per heavy atom. The quantitative estimate of drug-likeness (QED) is 0.909. The number of benzene rings is 1. The highest BCUT2D eigenvalue weighted by Crippen LogP contribution is 2.32. The molecule has 0 spiro atoms. The molecule has 1 saturated heterocycles. The van der Waals surface area contributed by atoms with Crippen LogP contribution < -0.4 is 10.2 Å². The zero-order valence-electron chi connectivity index (χ0n) is 10.3. The Balaban J connectivity index is 1.61. The van der Waals surface area contributed by atoms with Gasteiger partial charge in [-0.05, 0) is 49.9 Å². The predicted molar refractivity (Wildman–Crippen MR) is 77.8 cm³/mol. The number of anilines is 1. The van der Waals surface area contributed by atoms with Crippen LogP contribution in [0.5, 0.6) is 0 Å². The first kappa shape index (κ1) is 12.6. The van der Waals surface area contributed by atoms with Crippen LogP contribution in [0.2, 0.25) is 10.0 Å². The molecule has 2 fully saturated rings. The third kappa shape index (κ3) is 2.93. The molecular formula is C14H18Cl2N2. The summed E-state index contributed by atoms with van der Waals surface area (Å²) in [6.45, 7) is 3.30. The highest BCUT2D eigenvalue weighted by molar-refractivity contribution is 6.35. The Hall–Kier alpha value is -0.440. The molecule has 0 radical (unpaired) electrons. The van der Waals surface area contributed by atoms with Crippen LogP contribution in [0, 0.1) is 5.92 Å². The Labute approximate surface area is 118 Å². The second kappa shape index (κ2) is 5.28. The molecule has 2 aliphatic rings.